The maximum absolute atomic E-state index is 15.6. The standard InChI is InChI=1S/C31H32ClF4N3O7S2/c1-30(2,3)45-28(40)38-9-7-8-18(17-10-21(34)27(36)22(35)11-17)23(38)14-44-24-13-20(33)25(12-19(24)32)48(42,43)39(26-15-47-16-37-26)29(41)46-31(4,5)6/h8,10-13,15-16,23H,7,9,14H2,1-6H3. The fourth-order valence-corrected chi connectivity index (χ4v) is 6.80. The third kappa shape index (κ3) is 8.39. The fourth-order valence-electron chi connectivity index (χ4n) is 4.58. The molecule has 1 aliphatic heterocycles. The van der Waals surface area contributed by atoms with Crippen LogP contribution in [0, 0.1) is 23.3 Å². The fraction of sp³-hybridized carbons (Fsp3) is 0.387. The van der Waals surface area contributed by atoms with Crippen molar-refractivity contribution in [2.45, 2.75) is 70.1 Å². The first kappa shape index (κ1) is 36.9. The number of hydrogen-bond donors (Lipinski definition) is 0. The van der Waals surface area contributed by atoms with Crippen LogP contribution in [-0.4, -0.2) is 60.9 Å². The van der Waals surface area contributed by atoms with Gasteiger partial charge in [0.15, 0.2) is 23.3 Å². The summed E-state index contributed by atoms with van der Waals surface area (Å²) in [5.74, 6) is -6.65. The normalized spacial score (nSPS) is 15.5. The Morgan fingerprint density at radius 1 is 1.00 bits per heavy atom. The maximum Gasteiger partial charge on any atom is 0.430 e. The number of thiazole rings is 1. The number of aromatic nitrogens is 1. The second-order valence-electron chi connectivity index (χ2n) is 12.5. The van der Waals surface area contributed by atoms with Gasteiger partial charge >= 0.3 is 12.2 Å². The van der Waals surface area contributed by atoms with Crippen molar-refractivity contribution in [1.82, 2.24) is 9.88 Å². The molecular formula is C31H32ClF4N3O7S2. The Bertz CT molecular complexity index is 1820. The lowest BCUT2D eigenvalue weighted by molar-refractivity contribution is 0.0162. The predicted molar refractivity (Wildman–Crippen MR) is 171 cm³/mol. The van der Waals surface area contributed by atoms with Gasteiger partial charge in [0.05, 0.1) is 16.6 Å². The summed E-state index contributed by atoms with van der Waals surface area (Å²) in [7, 11) is -4.99. The second-order valence-corrected chi connectivity index (χ2v) is 15.4. The van der Waals surface area contributed by atoms with Gasteiger partial charge < -0.3 is 14.2 Å². The summed E-state index contributed by atoms with van der Waals surface area (Å²) in [6.07, 6.45) is -0.312. The Balaban J connectivity index is 1.70. The molecule has 0 radical (unpaired) electrons. The summed E-state index contributed by atoms with van der Waals surface area (Å²) in [4.78, 5) is 30.3. The summed E-state index contributed by atoms with van der Waals surface area (Å²) in [6.45, 7) is 9.06. The first-order chi connectivity index (χ1) is 22.2. The lowest BCUT2D eigenvalue weighted by atomic mass is 9.93. The largest absolute Gasteiger partial charge is 0.489 e. The molecule has 0 fully saturated rings. The third-order valence-electron chi connectivity index (χ3n) is 6.50. The summed E-state index contributed by atoms with van der Waals surface area (Å²) >= 11 is 7.36. The number of ether oxygens (including phenoxy) is 3. The van der Waals surface area contributed by atoms with Crippen LogP contribution in [0.5, 0.6) is 5.75 Å². The Morgan fingerprint density at radius 3 is 2.19 bits per heavy atom. The van der Waals surface area contributed by atoms with Crippen LogP contribution in [0.4, 0.5) is 33.0 Å². The Hall–Kier alpha value is -3.89. The van der Waals surface area contributed by atoms with Gasteiger partial charge in [-0.05, 0) is 77.3 Å². The van der Waals surface area contributed by atoms with Gasteiger partial charge in [-0.15, -0.1) is 15.6 Å². The van der Waals surface area contributed by atoms with Crippen LogP contribution in [0.15, 0.2) is 46.1 Å². The average molecular weight is 734 g/mol. The molecule has 1 aliphatic rings. The molecule has 1 unspecified atom stereocenters. The Morgan fingerprint density at radius 2 is 1.62 bits per heavy atom. The highest BCUT2D eigenvalue weighted by Gasteiger charge is 2.39. The lowest BCUT2D eigenvalue weighted by Crippen LogP contribution is -2.48. The number of nitrogens with zero attached hydrogens (tertiary/aromatic N) is 3. The molecule has 10 nitrogen and oxygen atoms in total. The number of anilines is 1. The zero-order valence-electron chi connectivity index (χ0n) is 26.6. The van der Waals surface area contributed by atoms with Gasteiger partial charge in [0.2, 0.25) is 0 Å². The highest BCUT2D eigenvalue weighted by Crippen LogP contribution is 2.36. The summed E-state index contributed by atoms with van der Waals surface area (Å²) < 4.78 is 102. The minimum atomic E-state index is -4.99. The average Bonchev–Trinajstić information content (AvgIpc) is 3.47. The van der Waals surface area contributed by atoms with E-state index in [-0.39, 0.29) is 40.0 Å². The number of carbonyl (C=O) groups is 2. The van der Waals surface area contributed by atoms with Crippen LogP contribution in [-0.2, 0) is 19.5 Å². The molecule has 3 aromatic rings. The number of benzene rings is 2. The van der Waals surface area contributed by atoms with E-state index in [1.807, 2.05) is 0 Å². The molecule has 48 heavy (non-hydrogen) atoms. The topological polar surface area (TPSA) is 115 Å². The molecule has 1 atom stereocenters. The molecule has 1 aromatic heterocycles. The first-order valence-corrected chi connectivity index (χ1v) is 17.1. The van der Waals surface area contributed by atoms with E-state index in [0.717, 1.165) is 29.5 Å². The van der Waals surface area contributed by atoms with Gasteiger partial charge in [0, 0.05) is 18.0 Å². The molecule has 2 amide bonds. The van der Waals surface area contributed by atoms with Gasteiger partial charge in [0.1, 0.15) is 34.3 Å². The minimum absolute atomic E-state index is 0.0868. The zero-order chi connectivity index (χ0) is 35.8. The van der Waals surface area contributed by atoms with E-state index in [2.05, 4.69) is 4.98 Å². The van der Waals surface area contributed by atoms with Crippen molar-refractivity contribution in [3.8, 4) is 5.75 Å². The Labute approximate surface area is 283 Å². The van der Waals surface area contributed by atoms with E-state index in [4.69, 9.17) is 25.8 Å². The van der Waals surface area contributed by atoms with Crippen LogP contribution in [0.3, 0.4) is 0 Å². The van der Waals surface area contributed by atoms with Crippen molar-refractivity contribution in [1.29, 1.82) is 0 Å². The molecule has 0 saturated carbocycles. The molecule has 0 saturated heterocycles. The second kappa shape index (κ2) is 13.9. The van der Waals surface area contributed by atoms with Gasteiger partial charge in [-0.2, -0.15) is 0 Å². The molecular weight excluding hydrogens is 702 g/mol. The third-order valence-corrected chi connectivity index (χ3v) is 9.06. The number of carbonyl (C=O) groups excluding carboxylic acids is 2. The zero-order valence-corrected chi connectivity index (χ0v) is 29.0. The van der Waals surface area contributed by atoms with E-state index in [1.54, 1.807) is 26.8 Å². The van der Waals surface area contributed by atoms with Crippen LogP contribution in [0.2, 0.25) is 5.02 Å². The quantitative estimate of drug-likeness (QED) is 0.178. The van der Waals surface area contributed by atoms with Crippen molar-refractivity contribution < 1.29 is 49.8 Å². The van der Waals surface area contributed by atoms with E-state index in [1.165, 1.54) is 36.6 Å². The smallest absolute Gasteiger partial charge is 0.430 e. The molecule has 0 bridgehead atoms. The maximum atomic E-state index is 15.6. The molecule has 0 spiro atoms. The van der Waals surface area contributed by atoms with E-state index < -0.39 is 79.2 Å². The highest BCUT2D eigenvalue weighted by atomic mass is 35.5. The molecule has 17 heteroatoms. The van der Waals surface area contributed by atoms with Crippen molar-refractivity contribution in [2.75, 3.05) is 17.5 Å². The van der Waals surface area contributed by atoms with Crippen LogP contribution >= 0.6 is 22.9 Å². The lowest BCUT2D eigenvalue weighted by Gasteiger charge is -2.37. The van der Waals surface area contributed by atoms with Crippen molar-refractivity contribution >= 4 is 56.5 Å². The van der Waals surface area contributed by atoms with Gasteiger partial charge in [-0.3, -0.25) is 4.90 Å². The summed E-state index contributed by atoms with van der Waals surface area (Å²) in [5, 5.41) is 0.852. The number of rotatable bonds is 7. The minimum Gasteiger partial charge on any atom is -0.489 e. The molecule has 0 N–H and O–H groups in total. The Kier molecular flexibility index (Phi) is 10.7. The van der Waals surface area contributed by atoms with Crippen molar-refractivity contribution in [2.24, 2.45) is 0 Å². The summed E-state index contributed by atoms with van der Waals surface area (Å²) in [5.41, 5.74) is -0.670. The first-order valence-electron chi connectivity index (χ1n) is 14.3. The van der Waals surface area contributed by atoms with Gasteiger partial charge in [0.25, 0.3) is 10.0 Å². The van der Waals surface area contributed by atoms with Crippen LogP contribution < -0.4 is 9.04 Å². The van der Waals surface area contributed by atoms with E-state index in [9.17, 15) is 31.2 Å². The van der Waals surface area contributed by atoms with E-state index >= 15 is 4.39 Å². The predicted octanol–water partition coefficient (Wildman–Crippen LogP) is 7.96. The monoisotopic (exact) mass is 733 g/mol. The van der Waals surface area contributed by atoms with Crippen LogP contribution in [0.25, 0.3) is 5.57 Å². The molecule has 0 aliphatic carbocycles. The molecule has 2 aromatic carbocycles. The number of halogens is 5. The highest BCUT2D eigenvalue weighted by molar-refractivity contribution is 7.93. The van der Waals surface area contributed by atoms with Crippen molar-refractivity contribution in [3.63, 3.8) is 0 Å². The number of amides is 2. The van der Waals surface area contributed by atoms with Gasteiger partial charge in [-0.1, -0.05) is 17.7 Å². The number of hydrogen-bond acceptors (Lipinski definition) is 9. The van der Waals surface area contributed by atoms with Gasteiger partial charge in [-0.25, -0.2) is 40.6 Å². The molecule has 260 valence electrons. The SMILES string of the molecule is CC(C)(C)OC(=O)N1CCC=C(c2cc(F)c(F)c(F)c2)C1COc1cc(F)c(S(=O)(=O)N(C(=O)OC(C)(C)C)c2cscn2)cc1Cl. The molecule has 2 heterocycles. The number of sulfonamides is 1. The molecule has 4 rings (SSSR count). The summed E-state index contributed by atoms with van der Waals surface area (Å²) in [6, 6.07) is 1.83. The van der Waals surface area contributed by atoms with E-state index in [0.29, 0.717) is 6.07 Å². The van der Waals surface area contributed by atoms with Crippen molar-refractivity contribution in [3.05, 3.63) is 75.1 Å². The van der Waals surface area contributed by atoms with Crippen LogP contribution in [0.1, 0.15) is 53.5 Å².